The summed E-state index contributed by atoms with van der Waals surface area (Å²) in [6, 6.07) is 22.5. The van der Waals surface area contributed by atoms with Gasteiger partial charge in [0.15, 0.2) is 11.5 Å². The van der Waals surface area contributed by atoms with Gasteiger partial charge in [0.25, 0.3) is 5.91 Å². The summed E-state index contributed by atoms with van der Waals surface area (Å²) in [6.45, 7) is 0.169. The average Bonchev–Trinajstić information content (AvgIpc) is 3.57. The molecule has 0 saturated carbocycles. The normalized spacial score (nSPS) is 13.6. The topological polar surface area (TPSA) is 74.6 Å². The zero-order valence-electron chi connectivity index (χ0n) is 17.5. The molecule has 0 saturated heterocycles. The van der Waals surface area contributed by atoms with Crippen LogP contribution in [0.1, 0.15) is 21.6 Å². The molecular weight excluding hydrogens is 438 g/mol. The third-order valence-electron chi connectivity index (χ3n) is 5.48. The van der Waals surface area contributed by atoms with Crippen LogP contribution in [-0.4, -0.2) is 22.5 Å². The van der Waals surface area contributed by atoms with Crippen molar-refractivity contribution in [1.82, 2.24) is 9.78 Å². The molecule has 1 amide bonds. The van der Waals surface area contributed by atoms with Crippen molar-refractivity contribution in [2.75, 3.05) is 12.1 Å². The molecule has 0 radical (unpaired) electrons. The first-order chi connectivity index (χ1) is 16.2. The van der Waals surface area contributed by atoms with Crippen molar-refractivity contribution in [2.45, 2.75) is 11.5 Å². The molecular formula is C25H19N3O4S. The molecule has 4 aromatic rings. The number of amides is 1. The third kappa shape index (κ3) is 3.78. The highest BCUT2D eigenvalue weighted by Gasteiger charge is 2.25. The van der Waals surface area contributed by atoms with Crippen LogP contribution in [0, 0.1) is 0 Å². The van der Waals surface area contributed by atoms with Crippen LogP contribution in [0.15, 0.2) is 72.8 Å². The lowest BCUT2D eigenvalue weighted by Gasteiger charge is -2.12. The van der Waals surface area contributed by atoms with Gasteiger partial charge < -0.3 is 19.5 Å². The van der Waals surface area contributed by atoms with E-state index in [2.05, 4.69) is 5.32 Å². The van der Waals surface area contributed by atoms with Crippen LogP contribution in [0.25, 0.3) is 5.69 Å². The summed E-state index contributed by atoms with van der Waals surface area (Å²) in [5.41, 5.74) is 3.39. The van der Waals surface area contributed by atoms with E-state index in [0.29, 0.717) is 22.9 Å². The number of anilines is 1. The van der Waals surface area contributed by atoms with Gasteiger partial charge in [-0.2, -0.15) is 16.9 Å². The molecule has 164 valence electrons. The predicted octanol–water partition coefficient (Wildman–Crippen LogP) is 5.39. The lowest BCUT2D eigenvalue weighted by atomic mass is 10.2. The summed E-state index contributed by atoms with van der Waals surface area (Å²) in [5, 5.41) is 7.85. The second-order valence-electron chi connectivity index (χ2n) is 7.61. The number of nitrogens with one attached hydrogen (secondary N) is 1. The highest BCUT2D eigenvalue weighted by molar-refractivity contribution is 7.98. The summed E-state index contributed by atoms with van der Waals surface area (Å²) >= 11 is 1.79. The minimum Gasteiger partial charge on any atom is -0.457 e. The van der Waals surface area contributed by atoms with E-state index < -0.39 is 0 Å². The minimum atomic E-state index is -0.224. The monoisotopic (exact) mass is 457 g/mol. The fraction of sp³-hybridized carbons (Fsp3) is 0.120. The van der Waals surface area contributed by atoms with Gasteiger partial charge in [0, 0.05) is 22.6 Å². The molecule has 1 N–H and O–H groups in total. The van der Waals surface area contributed by atoms with Crippen molar-refractivity contribution in [3.8, 4) is 28.7 Å². The lowest BCUT2D eigenvalue weighted by Crippen LogP contribution is -2.16. The number of rotatable bonds is 5. The van der Waals surface area contributed by atoms with Crippen LogP contribution in [0.2, 0.25) is 0 Å². The quantitative estimate of drug-likeness (QED) is 0.433. The molecule has 3 aromatic carbocycles. The Bertz CT molecular complexity index is 1340. The van der Waals surface area contributed by atoms with Crippen LogP contribution < -0.4 is 19.5 Å². The van der Waals surface area contributed by atoms with Crippen molar-refractivity contribution in [1.29, 1.82) is 0 Å². The van der Waals surface area contributed by atoms with Gasteiger partial charge in [0.05, 0.1) is 11.4 Å². The number of fused-ring (bicyclic) bond motifs is 2. The first-order valence-electron chi connectivity index (χ1n) is 10.5. The van der Waals surface area contributed by atoms with Crippen molar-refractivity contribution in [3.05, 3.63) is 89.6 Å². The first kappa shape index (κ1) is 19.8. The molecule has 33 heavy (non-hydrogen) atoms. The molecule has 3 heterocycles. The fourth-order valence-electron chi connectivity index (χ4n) is 3.83. The Morgan fingerprint density at radius 1 is 0.939 bits per heavy atom. The van der Waals surface area contributed by atoms with E-state index in [1.54, 1.807) is 34.6 Å². The Labute approximate surface area is 194 Å². The van der Waals surface area contributed by atoms with Gasteiger partial charge >= 0.3 is 0 Å². The van der Waals surface area contributed by atoms with Crippen molar-refractivity contribution < 1.29 is 19.0 Å². The van der Waals surface area contributed by atoms with Crippen molar-refractivity contribution in [3.63, 3.8) is 0 Å². The second kappa shape index (κ2) is 8.22. The number of aromatic nitrogens is 2. The van der Waals surface area contributed by atoms with Crippen LogP contribution in [0.4, 0.5) is 5.82 Å². The molecule has 0 aliphatic carbocycles. The summed E-state index contributed by atoms with van der Waals surface area (Å²) in [5.74, 6) is 4.82. The number of hydrogen-bond acceptors (Lipinski definition) is 6. The van der Waals surface area contributed by atoms with Gasteiger partial charge in [0.1, 0.15) is 17.3 Å². The van der Waals surface area contributed by atoms with E-state index in [-0.39, 0.29) is 12.7 Å². The van der Waals surface area contributed by atoms with Crippen LogP contribution in [-0.2, 0) is 11.5 Å². The van der Waals surface area contributed by atoms with Crippen LogP contribution >= 0.6 is 11.8 Å². The number of nitrogens with zero attached hydrogens (tertiary/aromatic N) is 2. The number of benzene rings is 3. The van der Waals surface area contributed by atoms with E-state index >= 15 is 0 Å². The second-order valence-corrected chi connectivity index (χ2v) is 8.60. The molecule has 8 heteroatoms. The van der Waals surface area contributed by atoms with Crippen LogP contribution in [0.3, 0.4) is 0 Å². The van der Waals surface area contributed by atoms with Gasteiger partial charge in [0.2, 0.25) is 6.79 Å². The van der Waals surface area contributed by atoms with E-state index in [1.165, 1.54) is 0 Å². The molecule has 7 nitrogen and oxygen atoms in total. The first-order valence-corrected chi connectivity index (χ1v) is 11.6. The van der Waals surface area contributed by atoms with E-state index in [1.807, 2.05) is 54.6 Å². The number of thioether (sulfide) groups is 1. The molecule has 0 bridgehead atoms. The summed E-state index contributed by atoms with van der Waals surface area (Å²) in [6.07, 6.45) is 0. The summed E-state index contributed by atoms with van der Waals surface area (Å²) in [7, 11) is 0. The molecule has 0 fully saturated rings. The Morgan fingerprint density at radius 2 is 1.73 bits per heavy atom. The van der Waals surface area contributed by atoms with Gasteiger partial charge in [-0.1, -0.05) is 18.2 Å². The summed E-state index contributed by atoms with van der Waals surface area (Å²) in [4.78, 5) is 13.1. The van der Waals surface area contributed by atoms with E-state index in [9.17, 15) is 4.79 Å². The van der Waals surface area contributed by atoms with Crippen molar-refractivity contribution in [2.24, 2.45) is 0 Å². The number of carbonyl (C=O) groups excluding carboxylic acids is 1. The maximum atomic E-state index is 13.1. The molecule has 2 aliphatic rings. The Balaban J connectivity index is 1.28. The Hall–Kier alpha value is -3.91. The summed E-state index contributed by atoms with van der Waals surface area (Å²) < 4.78 is 18.4. The highest BCUT2D eigenvalue weighted by atomic mass is 32.2. The zero-order valence-corrected chi connectivity index (χ0v) is 18.3. The zero-order chi connectivity index (χ0) is 22.2. The smallest absolute Gasteiger partial charge is 0.256 e. The van der Waals surface area contributed by atoms with E-state index in [4.69, 9.17) is 19.3 Å². The lowest BCUT2D eigenvalue weighted by molar-refractivity contribution is 0.102. The standard InChI is InChI=1S/C25H19N3O4S/c29-25(16-6-11-22-23(12-16)31-15-30-22)26-24-20-13-33-14-21(20)27-28(24)17-7-9-19(10-8-17)32-18-4-2-1-3-5-18/h1-12H,13-15H2,(H,26,29). The SMILES string of the molecule is O=C(Nc1c2c(nn1-c1ccc(Oc3ccccc3)cc1)CSC2)c1ccc2c(c1)OCO2. The van der Waals surface area contributed by atoms with E-state index in [0.717, 1.165) is 39.9 Å². The number of para-hydroxylation sites is 1. The maximum absolute atomic E-state index is 13.1. The Kier molecular flexibility index (Phi) is 4.92. The fourth-order valence-corrected chi connectivity index (χ4v) is 4.86. The largest absolute Gasteiger partial charge is 0.457 e. The number of hydrogen-bond donors (Lipinski definition) is 1. The predicted molar refractivity (Wildman–Crippen MR) is 126 cm³/mol. The minimum absolute atomic E-state index is 0.169. The molecule has 0 atom stereocenters. The third-order valence-corrected chi connectivity index (χ3v) is 6.45. The number of ether oxygens (including phenoxy) is 3. The maximum Gasteiger partial charge on any atom is 0.256 e. The molecule has 6 rings (SSSR count). The van der Waals surface area contributed by atoms with Gasteiger partial charge in [-0.3, -0.25) is 4.79 Å². The Morgan fingerprint density at radius 3 is 2.58 bits per heavy atom. The average molecular weight is 458 g/mol. The molecule has 0 spiro atoms. The van der Waals surface area contributed by atoms with Crippen molar-refractivity contribution >= 4 is 23.5 Å². The van der Waals surface area contributed by atoms with Crippen LogP contribution in [0.5, 0.6) is 23.0 Å². The molecule has 0 unspecified atom stereocenters. The number of carbonyl (C=O) groups is 1. The van der Waals surface area contributed by atoms with Gasteiger partial charge in [-0.05, 0) is 54.6 Å². The molecule has 2 aliphatic heterocycles. The molecule has 1 aromatic heterocycles. The van der Waals surface area contributed by atoms with Gasteiger partial charge in [-0.25, -0.2) is 4.68 Å². The highest BCUT2D eigenvalue weighted by Crippen LogP contribution is 2.37. The van der Waals surface area contributed by atoms with Gasteiger partial charge in [-0.15, -0.1) is 0 Å².